The lowest BCUT2D eigenvalue weighted by Gasteiger charge is -2.28. The van der Waals surface area contributed by atoms with Crippen LogP contribution in [0.2, 0.25) is 0 Å². The topological polar surface area (TPSA) is 55.6 Å². The van der Waals surface area contributed by atoms with Crippen LogP contribution in [0.1, 0.15) is 30.9 Å². The predicted molar refractivity (Wildman–Crippen MR) is 76.7 cm³/mol. The Morgan fingerprint density at radius 1 is 1.37 bits per heavy atom. The SMILES string of the molecule is COC(=O)CCCN(C)C(CCN)c1ccccc1. The number of carbonyl (C=O) groups is 1. The third-order valence-electron chi connectivity index (χ3n) is 3.28. The first-order valence-electron chi connectivity index (χ1n) is 6.71. The van der Waals surface area contributed by atoms with Crippen LogP contribution in [0.15, 0.2) is 30.3 Å². The normalized spacial score (nSPS) is 12.4. The highest BCUT2D eigenvalue weighted by Gasteiger charge is 2.16. The van der Waals surface area contributed by atoms with Gasteiger partial charge in [-0.15, -0.1) is 0 Å². The van der Waals surface area contributed by atoms with Crippen LogP contribution in [0.3, 0.4) is 0 Å². The number of benzene rings is 1. The number of hydrogen-bond donors (Lipinski definition) is 1. The lowest BCUT2D eigenvalue weighted by atomic mass is 10.0. The fourth-order valence-corrected chi connectivity index (χ4v) is 2.21. The first kappa shape index (κ1) is 15.7. The molecule has 106 valence electrons. The van der Waals surface area contributed by atoms with Crippen molar-refractivity contribution in [1.82, 2.24) is 4.90 Å². The van der Waals surface area contributed by atoms with Gasteiger partial charge in [0.05, 0.1) is 7.11 Å². The molecular weight excluding hydrogens is 240 g/mol. The van der Waals surface area contributed by atoms with E-state index in [-0.39, 0.29) is 5.97 Å². The van der Waals surface area contributed by atoms with Crippen molar-refractivity contribution < 1.29 is 9.53 Å². The predicted octanol–water partition coefficient (Wildman–Crippen LogP) is 1.96. The molecule has 2 N–H and O–H groups in total. The molecule has 0 aliphatic carbocycles. The van der Waals surface area contributed by atoms with E-state index in [2.05, 4.69) is 28.8 Å². The monoisotopic (exact) mass is 264 g/mol. The molecular formula is C15H24N2O2. The van der Waals surface area contributed by atoms with E-state index in [0.29, 0.717) is 19.0 Å². The Labute approximate surface area is 115 Å². The van der Waals surface area contributed by atoms with Gasteiger partial charge in [-0.1, -0.05) is 30.3 Å². The van der Waals surface area contributed by atoms with Gasteiger partial charge in [-0.05, 0) is 38.5 Å². The van der Waals surface area contributed by atoms with Crippen LogP contribution in [0, 0.1) is 0 Å². The van der Waals surface area contributed by atoms with Crippen LogP contribution < -0.4 is 5.73 Å². The number of hydrogen-bond acceptors (Lipinski definition) is 4. The van der Waals surface area contributed by atoms with Crippen molar-refractivity contribution in [1.29, 1.82) is 0 Å². The fraction of sp³-hybridized carbons (Fsp3) is 0.533. The molecule has 4 heteroatoms. The maximum atomic E-state index is 11.1. The highest BCUT2D eigenvalue weighted by Crippen LogP contribution is 2.22. The van der Waals surface area contributed by atoms with E-state index in [1.165, 1.54) is 12.7 Å². The third kappa shape index (κ3) is 5.41. The summed E-state index contributed by atoms with van der Waals surface area (Å²) in [5.41, 5.74) is 6.97. The Bertz CT molecular complexity index is 368. The first-order valence-corrected chi connectivity index (χ1v) is 6.71. The van der Waals surface area contributed by atoms with E-state index < -0.39 is 0 Å². The van der Waals surface area contributed by atoms with Gasteiger partial charge in [0.2, 0.25) is 0 Å². The van der Waals surface area contributed by atoms with Crippen molar-refractivity contribution in [2.45, 2.75) is 25.3 Å². The Morgan fingerprint density at radius 2 is 2.05 bits per heavy atom. The molecule has 0 saturated carbocycles. The van der Waals surface area contributed by atoms with Crippen LogP contribution in [0.4, 0.5) is 0 Å². The van der Waals surface area contributed by atoms with Crippen molar-refractivity contribution in [3.63, 3.8) is 0 Å². The minimum atomic E-state index is -0.150. The Hall–Kier alpha value is -1.39. The molecule has 0 aliphatic heterocycles. The molecule has 1 atom stereocenters. The summed E-state index contributed by atoms with van der Waals surface area (Å²) in [5, 5.41) is 0. The van der Waals surface area contributed by atoms with Gasteiger partial charge in [0.15, 0.2) is 0 Å². The summed E-state index contributed by atoms with van der Waals surface area (Å²) in [4.78, 5) is 13.4. The maximum Gasteiger partial charge on any atom is 0.305 e. The molecule has 1 aromatic rings. The number of ether oxygens (including phenoxy) is 1. The van der Waals surface area contributed by atoms with Crippen molar-refractivity contribution in [3.05, 3.63) is 35.9 Å². The molecule has 0 heterocycles. The molecule has 4 nitrogen and oxygen atoms in total. The van der Waals surface area contributed by atoms with Crippen molar-refractivity contribution >= 4 is 5.97 Å². The zero-order valence-electron chi connectivity index (χ0n) is 11.8. The highest BCUT2D eigenvalue weighted by atomic mass is 16.5. The van der Waals surface area contributed by atoms with E-state index in [1.54, 1.807) is 0 Å². The van der Waals surface area contributed by atoms with Gasteiger partial charge < -0.3 is 10.5 Å². The lowest BCUT2D eigenvalue weighted by Crippen LogP contribution is -2.28. The molecule has 19 heavy (non-hydrogen) atoms. The van der Waals surface area contributed by atoms with Crippen molar-refractivity contribution in [3.8, 4) is 0 Å². The molecule has 1 aromatic carbocycles. The van der Waals surface area contributed by atoms with Gasteiger partial charge in [-0.2, -0.15) is 0 Å². The van der Waals surface area contributed by atoms with Crippen LogP contribution in [0.5, 0.6) is 0 Å². The largest absolute Gasteiger partial charge is 0.469 e. The molecule has 0 saturated heterocycles. The van der Waals surface area contributed by atoms with Crippen LogP contribution in [-0.4, -0.2) is 38.1 Å². The molecule has 0 spiro atoms. The summed E-state index contributed by atoms with van der Waals surface area (Å²) in [6.45, 7) is 1.51. The fourth-order valence-electron chi connectivity index (χ4n) is 2.21. The van der Waals surface area contributed by atoms with Crippen molar-refractivity contribution in [2.75, 3.05) is 27.2 Å². The minimum absolute atomic E-state index is 0.150. The van der Waals surface area contributed by atoms with Crippen LogP contribution in [0.25, 0.3) is 0 Å². The van der Waals surface area contributed by atoms with E-state index in [1.807, 2.05) is 18.2 Å². The summed E-state index contributed by atoms with van der Waals surface area (Å²) < 4.78 is 4.65. The van der Waals surface area contributed by atoms with Gasteiger partial charge in [-0.3, -0.25) is 9.69 Å². The quantitative estimate of drug-likeness (QED) is 0.729. The van der Waals surface area contributed by atoms with Gasteiger partial charge in [0, 0.05) is 12.5 Å². The van der Waals surface area contributed by atoms with Gasteiger partial charge in [0.25, 0.3) is 0 Å². The van der Waals surface area contributed by atoms with Gasteiger partial charge in [-0.25, -0.2) is 0 Å². The summed E-state index contributed by atoms with van der Waals surface area (Å²) >= 11 is 0. The van der Waals surface area contributed by atoms with Crippen molar-refractivity contribution in [2.24, 2.45) is 5.73 Å². The lowest BCUT2D eigenvalue weighted by molar-refractivity contribution is -0.140. The zero-order chi connectivity index (χ0) is 14.1. The van der Waals surface area contributed by atoms with E-state index in [0.717, 1.165) is 19.4 Å². The molecule has 0 aromatic heterocycles. The van der Waals surface area contributed by atoms with E-state index in [4.69, 9.17) is 5.73 Å². The Balaban J connectivity index is 2.54. The zero-order valence-corrected chi connectivity index (χ0v) is 11.8. The highest BCUT2D eigenvalue weighted by molar-refractivity contribution is 5.69. The Kier molecular flexibility index (Phi) is 7.15. The molecule has 0 aliphatic rings. The number of nitrogens with two attached hydrogens (primary N) is 1. The standard InChI is InChI=1S/C15H24N2O2/c1-17(12-6-9-15(18)19-2)14(10-11-16)13-7-4-3-5-8-13/h3-5,7-8,14H,6,9-12,16H2,1-2H3. The second kappa shape index (κ2) is 8.67. The maximum absolute atomic E-state index is 11.1. The molecule has 0 amide bonds. The second-order valence-corrected chi connectivity index (χ2v) is 4.66. The summed E-state index contributed by atoms with van der Waals surface area (Å²) in [7, 11) is 3.50. The summed E-state index contributed by atoms with van der Waals surface area (Å²) in [5.74, 6) is -0.150. The smallest absolute Gasteiger partial charge is 0.305 e. The number of nitrogens with zero attached hydrogens (tertiary/aromatic N) is 1. The molecule has 0 fully saturated rings. The van der Waals surface area contributed by atoms with E-state index >= 15 is 0 Å². The minimum Gasteiger partial charge on any atom is -0.469 e. The second-order valence-electron chi connectivity index (χ2n) is 4.66. The summed E-state index contributed by atoms with van der Waals surface area (Å²) in [6, 6.07) is 10.7. The number of carbonyl (C=O) groups excluding carboxylic acids is 1. The average Bonchev–Trinajstić information content (AvgIpc) is 2.45. The first-order chi connectivity index (χ1) is 9.19. The number of methoxy groups -OCH3 is 1. The molecule has 1 unspecified atom stereocenters. The molecule has 1 rings (SSSR count). The van der Waals surface area contributed by atoms with Crippen LogP contribution >= 0.6 is 0 Å². The molecule has 0 radical (unpaired) electrons. The van der Waals surface area contributed by atoms with Gasteiger partial charge in [0.1, 0.15) is 0 Å². The average molecular weight is 264 g/mol. The third-order valence-corrected chi connectivity index (χ3v) is 3.28. The van der Waals surface area contributed by atoms with Gasteiger partial charge >= 0.3 is 5.97 Å². The summed E-state index contributed by atoms with van der Waals surface area (Å²) in [6.07, 6.45) is 2.18. The van der Waals surface area contributed by atoms with Crippen LogP contribution in [-0.2, 0) is 9.53 Å². The number of esters is 1. The Morgan fingerprint density at radius 3 is 2.63 bits per heavy atom. The van der Waals surface area contributed by atoms with E-state index in [9.17, 15) is 4.79 Å². The molecule has 0 bridgehead atoms. The number of rotatable bonds is 8.